The predicted molar refractivity (Wildman–Crippen MR) is 133 cm³/mol. The smallest absolute Gasteiger partial charge is 0.258 e. The average molecular weight is 513 g/mol. The lowest BCUT2D eigenvalue weighted by molar-refractivity contribution is -0.168. The number of likely N-dealkylation sites (tertiary alicyclic amines) is 1. The summed E-state index contributed by atoms with van der Waals surface area (Å²) in [5.74, 6) is 2.64. The minimum Gasteiger partial charge on any atom is -0.484 e. The SMILES string of the molecule is O=C(COc1ccc(CC2CCN(C3C4CC5CC3CC(O)(C5)C4)C2=O)c(Cl)c1)NCc1ccco1. The van der Waals surface area contributed by atoms with Crippen LogP contribution in [0.25, 0.3) is 0 Å². The fourth-order valence-electron chi connectivity index (χ4n) is 7.56. The summed E-state index contributed by atoms with van der Waals surface area (Å²) in [6.45, 7) is 0.994. The number of amides is 2. The van der Waals surface area contributed by atoms with E-state index in [0.717, 1.165) is 50.6 Å². The van der Waals surface area contributed by atoms with Gasteiger partial charge in [0.25, 0.3) is 5.91 Å². The van der Waals surface area contributed by atoms with E-state index in [1.165, 1.54) is 0 Å². The van der Waals surface area contributed by atoms with Gasteiger partial charge >= 0.3 is 0 Å². The van der Waals surface area contributed by atoms with Gasteiger partial charge in [0.1, 0.15) is 11.5 Å². The van der Waals surface area contributed by atoms with Crippen LogP contribution >= 0.6 is 11.6 Å². The van der Waals surface area contributed by atoms with Crippen molar-refractivity contribution in [1.82, 2.24) is 10.2 Å². The summed E-state index contributed by atoms with van der Waals surface area (Å²) < 4.78 is 10.8. The first-order valence-corrected chi connectivity index (χ1v) is 13.5. The number of aliphatic hydroxyl groups is 1. The second-order valence-electron chi connectivity index (χ2n) is 11.3. The quantitative estimate of drug-likeness (QED) is 0.558. The van der Waals surface area contributed by atoms with E-state index in [-0.39, 0.29) is 24.3 Å². The number of nitrogens with one attached hydrogen (secondary N) is 1. The molecule has 1 aliphatic heterocycles. The van der Waals surface area contributed by atoms with Crippen LogP contribution in [0.1, 0.15) is 49.8 Å². The van der Waals surface area contributed by atoms with Crippen LogP contribution in [0, 0.1) is 23.7 Å². The molecule has 1 saturated heterocycles. The van der Waals surface area contributed by atoms with Crippen molar-refractivity contribution in [3.8, 4) is 5.75 Å². The summed E-state index contributed by atoms with van der Waals surface area (Å²) in [6.07, 6.45) is 7.99. The van der Waals surface area contributed by atoms with Gasteiger partial charge in [0.15, 0.2) is 6.61 Å². The maximum absolute atomic E-state index is 13.5. The van der Waals surface area contributed by atoms with Gasteiger partial charge in [0.05, 0.1) is 18.4 Å². The number of nitrogens with zero attached hydrogens (tertiary/aromatic N) is 1. The Bertz CT molecular complexity index is 1120. The first-order valence-electron chi connectivity index (χ1n) is 13.1. The number of hydrogen-bond donors (Lipinski definition) is 2. The second kappa shape index (κ2) is 9.42. The molecule has 3 atom stereocenters. The van der Waals surface area contributed by atoms with E-state index in [2.05, 4.69) is 10.2 Å². The van der Waals surface area contributed by atoms with Gasteiger partial charge in [-0.25, -0.2) is 0 Å². The van der Waals surface area contributed by atoms with Crippen LogP contribution in [0.15, 0.2) is 41.0 Å². The van der Waals surface area contributed by atoms with E-state index in [1.54, 1.807) is 30.5 Å². The van der Waals surface area contributed by atoms with Crippen molar-refractivity contribution in [2.75, 3.05) is 13.2 Å². The Morgan fingerprint density at radius 2 is 2.03 bits per heavy atom. The van der Waals surface area contributed by atoms with E-state index in [1.807, 2.05) is 6.07 Å². The van der Waals surface area contributed by atoms with E-state index < -0.39 is 5.60 Å². The molecule has 2 amide bonds. The standard InChI is InChI=1S/C28H33ClN2O5/c29-24-11-22(36-16-25(32)30-15-23-2-1-7-35-23)4-3-18(24)10-19-5-6-31(27(19)33)26-20-8-17-9-21(26)14-28(34,12-17)13-20/h1-4,7,11,17,19-21,26,34H,5-6,8-10,12-16H2,(H,30,32). The van der Waals surface area contributed by atoms with Crippen molar-refractivity contribution in [2.24, 2.45) is 23.7 Å². The lowest BCUT2D eigenvalue weighted by Crippen LogP contribution is -2.62. The molecule has 7 nitrogen and oxygen atoms in total. The fraction of sp³-hybridized carbons (Fsp3) is 0.571. The lowest BCUT2D eigenvalue weighted by atomic mass is 9.52. The first-order chi connectivity index (χ1) is 17.4. The summed E-state index contributed by atoms with van der Waals surface area (Å²) in [7, 11) is 0. The normalized spacial score (nSPS) is 32.8. The van der Waals surface area contributed by atoms with Gasteiger partial charge < -0.3 is 24.5 Å². The van der Waals surface area contributed by atoms with Gasteiger partial charge in [-0.2, -0.15) is 0 Å². The van der Waals surface area contributed by atoms with Crippen molar-refractivity contribution in [3.05, 3.63) is 52.9 Å². The maximum Gasteiger partial charge on any atom is 0.258 e. The molecule has 0 spiro atoms. The van der Waals surface area contributed by atoms with Crippen LogP contribution in [-0.2, 0) is 22.6 Å². The highest BCUT2D eigenvalue weighted by Gasteiger charge is 2.57. The second-order valence-corrected chi connectivity index (χ2v) is 11.7. The monoisotopic (exact) mass is 512 g/mol. The summed E-state index contributed by atoms with van der Waals surface area (Å²) in [5, 5.41) is 14.2. The minimum atomic E-state index is -0.480. The van der Waals surface area contributed by atoms with Gasteiger partial charge in [-0.05, 0) is 92.5 Å². The number of rotatable bonds is 8. The zero-order valence-electron chi connectivity index (χ0n) is 20.3. The van der Waals surface area contributed by atoms with E-state index in [9.17, 15) is 14.7 Å². The molecular weight excluding hydrogens is 480 g/mol. The number of carbonyl (C=O) groups excluding carboxylic acids is 2. The molecule has 0 radical (unpaired) electrons. The molecule has 2 heterocycles. The first kappa shape index (κ1) is 23.9. The van der Waals surface area contributed by atoms with Crippen LogP contribution in [0.4, 0.5) is 0 Å². The Balaban J connectivity index is 1.03. The van der Waals surface area contributed by atoms with Gasteiger partial charge in [0, 0.05) is 23.5 Å². The van der Waals surface area contributed by atoms with E-state index >= 15 is 0 Å². The van der Waals surface area contributed by atoms with Crippen molar-refractivity contribution in [1.29, 1.82) is 0 Å². The molecule has 2 N–H and O–H groups in total. The minimum absolute atomic E-state index is 0.0677. The van der Waals surface area contributed by atoms with Crippen molar-refractivity contribution in [2.45, 2.75) is 63.1 Å². The highest BCUT2D eigenvalue weighted by atomic mass is 35.5. The molecule has 5 fully saturated rings. The van der Waals surface area contributed by atoms with Crippen LogP contribution in [-0.4, -0.2) is 46.6 Å². The van der Waals surface area contributed by atoms with E-state index in [4.69, 9.17) is 20.8 Å². The summed E-state index contributed by atoms with van der Waals surface area (Å²) in [6, 6.07) is 9.27. The zero-order chi connectivity index (χ0) is 24.9. The Hall–Kier alpha value is -2.51. The van der Waals surface area contributed by atoms with Crippen LogP contribution in [0.3, 0.4) is 0 Å². The molecule has 36 heavy (non-hydrogen) atoms. The molecule has 4 aliphatic carbocycles. The van der Waals surface area contributed by atoms with Crippen molar-refractivity contribution >= 4 is 23.4 Å². The Kier molecular flexibility index (Phi) is 6.24. The number of benzene rings is 1. The van der Waals surface area contributed by atoms with Gasteiger partial charge in [-0.1, -0.05) is 17.7 Å². The predicted octanol–water partition coefficient (Wildman–Crippen LogP) is 3.96. The Morgan fingerprint density at radius 1 is 1.22 bits per heavy atom. The molecule has 8 heteroatoms. The molecule has 2 aromatic rings. The van der Waals surface area contributed by atoms with Crippen LogP contribution in [0.2, 0.25) is 5.02 Å². The number of hydrogen-bond acceptors (Lipinski definition) is 5. The number of ether oxygens (including phenoxy) is 1. The lowest BCUT2D eigenvalue weighted by Gasteiger charge is -2.59. The Labute approximate surface area is 216 Å². The Morgan fingerprint density at radius 3 is 2.72 bits per heavy atom. The van der Waals surface area contributed by atoms with Gasteiger partial charge in [-0.3, -0.25) is 9.59 Å². The summed E-state index contributed by atoms with van der Waals surface area (Å²) in [5.41, 5.74) is 0.443. The average Bonchev–Trinajstić information content (AvgIpc) is 3.47. The fourth-order valence-corrected chi connectivity index (χ4v) is 7.81. The molecule has 5 aliphatic rings. The van der Waals surface area contributed by atoms with Crippen molar-refractivity contribution in [3.63, 3.8) is 0 Å². The number of carbonyl (C=O) groups is 2. The van der Waals surface area contributed by atoms with Crippen LogP contribution in [0.5, 0.6) is 5.75 Å². The molecule has 4 bridgehead atoms. The molecule has 4 saturated carbocycles. The zero-order valence-corrected chi connectivity index (χ0v) is 21.1. The largest absolute Gasteiger partial charge is 0.484 e. The summed E-state index contributed by atoms with van der Waals surface area (Å²) >= 11 is 6.55. The van der Waals surface area contributed by atoms with Gasteiger partial charge in [-0.15, -0.1) is 0 Å². The molecule has 192 valence electrons. The van der Waals surface area contributed by atoms with Crippen LogP contribution < -0.4 is 10.1 Å². The molecule has 7 rings (SSSR count). The third kappa shape index (κ3) is 4.63. The highest BCUT2D eigenvalue weighted by molar-refractivity contribution is 6.31. The third-order valence-electron chi connectivity index (χ3n) is 8.80. The third-order valence-corrected chi connectivity index (χ3v) is 9.15. The topological polar surface area (TPSA) is 92.0 Å². The number of halogens is 1. The molecular formula is C28H33ClN2O5. The molecule has 1 aromatic carbocycles. The number of furan rings is 1. The molecule has 3 unspecified atom stereocenters. The van der Waals surface area contributed by atoms with Gasteiger partial charge in [0.2, 0.25) is 5.91 Å². The van der Waals surface area contributed by atoms with Crippen molar-refractivity contribution < 1.29 is 23.8 Å². The highest BCUT2D eigenvalue weighted by Crippen LogP contribution is 2.57. The molecule has 1 aromatic heterocycles. The van der Waals surface area contributed by atoms with E-state index in [0.29, 0.717) is 53.3 Å². The summed E-state index contributed by atoms with van der Waals surface area (Å²) in [4.78, 5) is 27.6. The maximum atomic E-state index is 13.5.